The fraction of sp³-hybridized carbons (Fsp3) is 0.600. The number of aliphatic carboxylic acids is 1. The van der Waals surface area contributed by atoms with Crippen molar-refractivity contribution in [1.82, 2.24) is 14.9 Å². The topological polar surface area (TPSA) is 95.4 Å². The molecule has 1 aliphatic heterocycles. The quantitative estimate of drug-likeness (QED) is 0.890. The number of carbonyl (C=O) groups excluding carboxylic acids is 1. The van der Waals surface area contributed by atoms with Gasteiger partial charge in [0.05, 0.1) is 23.0 Å². The number of carboxylic acids is 1. The van der Waals surface area contributed by atoms with Crippen molar-refractivity contribution >= 4 is 17.7 Å². The van der Waals surface area contributed by atoms with Gasteiger partial charge in [0, 0.05) is 19.0 Å². The summed E-state index contributed by atoms with van der Waals surface area (Å²) in [4.78, 5) is 33.8. The Kier molecular flexibility index (Phi) is 3.50. The van der Waals surface area contributed by atoms with Gasteiger partial charge in [0.1, 0.15) is 5.82 Å². The number of rotatable bonds is 3. The molecule has 2 aliphatic rings. The summed E-state index contributed by atoms with van der Waals surface area (Å²) in [5.74, 6) is 0.236. The van der Waals surface area contributed by atoms with E-state index in [2.05, 4.69) is 15.3 Å². The van der Waals surface area contributed by atoms with Crippen molar-refractivity contribution in [3.05, 3.63) is 17.7 Å². The fourth-order valence-electron chi connectivity index (χ4n) is 2.76. The Morgan fingerprint density at radius 3 is 2.77 bits per heavy atom. The molecule has 1 unspecified atom stereocenters. The Balaban J connectivity index is 1.72. The maximum Gasteiger partial charge on any atom is 0.321 e. The molecule has 1 saturated heterocycles. The van der Waals surface area contributed by atoms with Crippen LogP contribution in [0, 0.1) is 12.3 Å². The molecular formula is C15H20N4O3. The van der Waals surface area contributed by atoms with Crippen LogP contribution in [0.1, 0.15) is 43.6 Å². The van der Waals surface area contributed by atoms with Gasteiger partial charge in [-0.3, -0.25) is 4.79 Å². The van der Waals surface area contributed by atoms with E-state index >= 15 is 0 Å². The zero-order valence-electron chi connectivity index (χ0n) is 12.8. The lowest BCUT2D eigenvalue weighted by Crippen LogP contribution is -2.37. The summed E-state index contributed by atoms with van der Waals surface area (Å²) in [5.41, 5.74) is 0.670. The van der Waals surface area contributed by atoms with Gasteiger partial charge >= 0.3 is 12.0 Å². The molecule has 22 heavy (non-hydrogen) atoms. The van der Waals surface area contributed by atoms with Crippen molar-refractivity contribution in [2.45, 2.75) is 39.0 Å². The Labute approximate surface area is 128 Å². The summed E-state index contributed by atoms with van der Waals surface area (Å²) in [6, 6.07) is -0.278. The molecular weight excluding hydrogens is 284 g/mol. The summed E-state index contributed by atoms with van der Waals surface area (Å²) in [6.07, 6.45) is 4.27. The van der Waals surface area contributed by atoms with Crippen LogP contribution in [0.25, 0.3) is 0 Å². The lowest BCUT2D eigenvalue weighted by Gasteiger charge is -2.21. The van der Waals surface area contributed by atoms with Gasteiger partial charge < -0.3 is 15.3 Å². The van der Waals surface area contributed by atoms with Crippen molar-refractivity contribution < 1.29 is 14.7 Å². The summed E-state index contributed by atoms with van der Waals surface area (Å²) in [7, 11) is 0. The van der Waals surface area contributed by atoms with Crippen LogP contribution in [0.4, 0.5) is 10.5 Å². The lowest BCUT2D eigenvalue weighted by molar-refractivity contribution is -0.146. The molecule has 2 heterocycles. The number of nitrogens with one attached hydrogen (secondary N) is 1. The molecule has 0 aromatic carbocycles. The van der Waals surface area contributed by atoms with E-state index < -0.39 is 11.4 Å². The van der Waals surface area contributed by atoms with Crippen LogP contribution in [0.15, 0.2) is 6.20 Å². The van der Waals surface area contributed by atoms with Crippen molar-refractivity contribution in [3.63, 3.8) is 0 Å². The lowest BCUT2D eigenvalue weighted by atomic mass is 9.90. The fourth-order valence-corrected chi connectivity index (χ4v) is 2.76. The number of aryl methyl sites for hydroxylation is 1. The van der Waals surface area contributed by atoms with Crippen LogP contribution in [0.3, 0.4) is 0 Å². The summed E-state index contributed by atoms with van der Waals surface area (Å²) >= 11 is 0. The maximum absolute atomic E-state index is 12.4. The molecule has 1 aromatic heterocycles. The van der Waals surface area contributed by atoms with E-state index in [1.54, 1.807) is 18.0 Å². The number of carboxylic acid groups (broad SMARTS) is 1. The predicted molar refractivity (Wildman–Crippen MR) is 79.7 cm³/mol. The molecule has 0 bridgehead atoms. The van der Waals surface area contributed by atoms with E-state index in [4.69, 9.17) is 0 Å². The third-order valence-electron chi connectivity index (χ3n) is 4.42. The second kappa shape index (κ2) is 5.23. The largest absolute Gasteiger partial charge is 0.481 e. The number of likely N-dealkylation sites (tertiary alicyclic amines) is 1. The minimum atomic E-state index is -0.861. The Hall–Kier alpha value is -2.18. The number of hydrogen-bond acceptors (Lipinski definition) is 4. The van der Waals surface area contributed by atoms with Crippen molar-refractivity contribution in [1.29, 1.82) is 0 Å². The number of hydrogen-bond donors (Lipinski definition) is 2. The third-order valence-corrected chi connectivity index (χ3v) is 4.42. The van der Waals surface area contributed by atoms with Crippen LogP contribution >= 0.6 is 0 Å². The van der Waals surface area contributed by atoms with Gasteiger partial charge in [0.15, 0.2) is 0 Å². The van der Waals surface area contributed by atoms with Crippen LogP contribution in [-0.4, -0.2) is 45.1 Å². The van der Waals surface area contributed by atoms with E-state index in [9.17, 15) is 14.7 Å². The molecule has 7 nitrogen and oxygen atoms in total. The third kappa shape index (κ3) is 2.75. The minimum Gasteiger partial charge on any atom is -0.481 e. The molecule has 3 rings (SSSR count). The molecule has 1 saturated carbocycles. The first-order valence-electron chi connectivity index (χ1n) is 7.52. The molecule has 1 aromatic rings. The number of aromatic nitrogens is 2. The van der Waals surface area contributed by atoms with Gasteiger partial charge in [-0.1, -0.05) is 0 Å². The van der Waals surface area contributed by atoms with E-state index in [0.29, 0.717) is 30.4 Å². The zero-order chi connectivity index (χ0) is 15.9. The van der Waals surface area contributed by atoms with Crippen LogP contribution in [0.2, 0.25) is 0 Å². The maximum atomic E-state index is 12.4. The highest BCUT2D eigenvalue weighted by atomic mass is 16.4. The molecule has 1 atom stereocenters. The highest BCUT2D eigenvalue weighted by Gasteiger charge is 2.42. The van der Waals surface area contributed by atoms with E-state index in [1.807, 2.05) is 6.92 Å². The number of carbonyl (C=O) groups is 2. The molecule has 2 amide bonds. The molecule has 7 heteroatoms. The van der Waals surface area contributed by atoms with Crippen molar-refractivity contribution in [2.75, 3.05) is 18.4 Å². The predicted octanol–water partition coefficient (Wildman–Crippen LogP) is 1.99. The first kappa shape index (κ1) is 14.7. The highest BCUT2D eigenvalue weighted by molar-refractivity contribution is 5.91. The van der Waals surface area contributed by atoms with Gasteiger partial charge in [0.2, 0.25) is 0 Å². The zero-order valence-corrected chi connectivity index (χ0v) is 12.8. The standard InChI is InChI=1S/C15H20N4O3/c1-9-16-7-11(12(17-9)10-3-4-10)18-14(22)19-6-5-15(2,8-19)13(20)21/h7,10H,3-6,8H2,1-2H3,(H,18,22)(H,20,21). The highest BCUT2D eigenvalue weighted by Crippen LogP contribution is 2.42. The summed E-state index contributed by atoms with van der Waals surface area (Å²) in [6.45, 7) is 4.17. The van der Waals surface area contributed by atoms with Crippen molar-refractivity contribution in [2.24, 2.45) is 5.41 Å². The van der Waals surface area contributed by atoms with Crippen molar-refractivity contribution in [3.8, 4) is 0 Å². The summed E-state index contributed by atoms with van der Waals surface area (Å²) in [5, 5.41) is 12.1. The molecule has 2 fully saturated rings. The molecule has 1 aliphatic carbocycles. The number of anilines is 1. The molecule has 0 radical (unpaired) electrons. The average Bonchev–Trinajstić information content (AvgIpc) is 3.23. The van der Waals surface area contributed by atoms with Gasteiger partial charge in [-0.05, 0) is 33.1 Å². The van der Waals surface area contributed by atoms with Gasteiger partial charge in [0.25, 0.3) is 0 Å². The second-order valence-corrected chi connectivity index (χ2v) is 6.46. The SMILES string of the molecule is Cc1ncc(NC(=O)N2CCC(C)(C(=O)O)C2)c(C2CC2)n1. The first-order valence-corrected chi connectivity index (χ1v) is 7.52. The normalized spacial score (nSPS) is 24.4. The minimum absolute atomic E-state index is 0.222. The second-order valence-electron chi connectivity index (χ2n) is 6.46. The summed E-state index contributed by atoms with van der Waals surface area (Å²) < 4.78 is 0. The number of urea groups is 1. The van der Waals surface area contributed by atoms with E-state index in [0.717, 1.165) is 18.5 Å². The van der Waals surface area contributed by atoms with E-state index in [-0.39, 0.29) is 12.6 Å². The van der Waals surface area contributed by atoms with Gasteiger partial charge in [-0.25, -0.2) is 14.8 Å². The molecule has 2 N–H and O–H groups in total. The van der Waals surface area contributed by atoms with Gasteiger partial charge in [-0.2, -0.15) is 0 Å². The van der Waals surface area contributed by atoms with Crippen LogP contribution < -0.4 is 5.32 Å². The van der Waals surface area contributed by atoms with Crippen LogP contribution in [0.5, 0.6) is 0 Å². The monoisotopic (exact) mass is 304 g/mol. The van der Waals surface area contributed by atoms with Crippen LogP contribution in [-0.2, 0) is 4.79 Å². The Morgan fingerprint density at radius 1 is 1.45 bits per heavy atom. The molecule has 0 spiro atoms. The average molecular weight is 304 g/mol. The molecule has 118 valence electrons. The van der Waals surface area contributed by atoms with E-state index in [1.165, 1.54) is 0 Å². The first-order chi connectivity index (χ1) is 10.4. The Morgan fingerprint density at radius 2 is 2.18 bits per heavy atom. The Bertz CT molecular complexity index is 629. The smallest absolute Gasteiger partial charge is 0.321 e. The number of nitrogens with zero attached hydrogens (tertiary/aromatic N) is 3. The van der Waals surface area contributed by atoms with Gasteiger partial charge in [-0.15, -0.1) is 0 Å². The number of amides is 2.